The van der Waals surface area contributed by atoms with E-state index < -0.39 is 99.3 Å². The molecule has 0 saturated carbocycles. The number of carbonyl (C=O) groups excluding carboxylic acids is 2. The molecule has 15 nitrogen and oxygen atoms in total. The van der Waals surface area contributed by atoms with E-state index in [4.69, 9.17) is 28.4 Å². The second-order valence-corrected chi connectivity index (χ2v) is 16.2. The molecule has 2 fully saturated rings. The van der Waals surface area contributed by atoms with Crippen molar-refractivity contribution in [2.45, 2.75) is 191 Å². The molecule has 0 aromatic carbocycles. The molecule has 370 valence electrons. The predicted molar refractivity (Wildman–Crippen MR) is 247 cm³/mol. The van der Waals surface area contributed by atoms with Gasteiger partial charge in [-0.05, 0) is 64.2 Å². The summed E-state index contributed by atoms with van der Waals surface area (Å²) in [6, 6.07) is 0. The van der Waals surface area contributed by atoms with E-state index in [2.05, 4.69) is 74.6 Å². The number of rotatable bonds is 34. The van der Waals surface area contributed by atoms with Gasteiger partial charge in [0, 0.05) is 12.8 Å². The molecule has 2 saturated heterocycles. The van der Waals surface area contributed by atoms with E-state index in [0.29, 0.717) is 19.3 Å². The molecule has 0 bridgehead atoms. The van der Waals surface area contributed by atoms with Gasteiger partial charge in [0.1, 0.15) is 55.4 Å². The monoisotopic (exact) mass is 921 g/mol. The highest BCUT2D eigenvalue weighted by Crippen LogP contribution is 2.26. The zero-order chi connectivity index (χ0) is 47.5. The van der Waals surface area contributed by atoms with Crippen LogP contribution in [0.4, 0.5) is 0 Å². The summed E-state index contributed by atoms with van der Waals surface area (Å²) in [5, 5.41) is 71.9. The Morgan fingerprint density at radius 3 is 1.52 bits per heavy atom. The third-order valence-corrected chi connectivity index (χ3v) is 10.6. The zero-order valence-electron chi connectivity index (χ0n) is 38.7. The Morgan fingerprint density at radius 1 is 0.508 bits per heavy atom. The highest BCUT2D eigenvalue weighted by molar-refractivity contribution is 5.70. The van der Waals surface area contributed by atoms with Gasteiger partial charge in [0.25, 0.3) is 0 Å². The fourth-order valence-electron chi connectivity index (χ4n) is 6.73. The second kappa shape index (κ2) is 36.8. The average Bonchev–Trinajstić information content (AvgIpc) is 3.30. The maximum absolute atomic E-state index is 12.9. The number of esters is 2. The fraction of sp³-hybridized carbons (Fsp3) is 0.680. The number of aliphatic hydroxyl groups excluding tert-OH is 7. The highest BCUT2D eigenvalue weighted by atomic mass is 16.7. The van der Waals surface area contributed by atoms with Gasteiger partial charge in [-0.2, -0.15) is 0 Å². The van der Waals surface area contributed by atoms with Crippen LogP contribution in [0.15, 0.2) is 85.1 Å². The molecule has 0 amide bonds. The van der Waals surface area contributed by atoms with Crippen LogP contribution in [0.2, 0.25) is 0 Å². The number of carbonyl (C=O) groups is 2. The van der Waals surface area contributed by atoms with Crippen molar-refractivity contribution in [3.8, 4) is 0 Å². The summed E-state index contributed by atoms with van der Waals surface area (Å²) in [6.45, 7) is 2.29. The Kier molecular flexibility index (Phi) is 32.7. The molecule has 0 aromatic heterocycles. The van der Waals surface area contributed by atoms with Crippen LogP contribution in [0.25, 0.3) is 0 Å². The summed E-state index contributed by atoms with van der Waals surface area (Å²) >= 11 is 0. The minimum atomic E-state index is -1.79. The lowest BCUT2D eigenvalue weighted by atomic mass is 9.98. The minimum absolute atomic E-state index is 0.0390. The van der Waals surface area contributed by atoms with Crippen molar-refractivity contribution in [2.75, 3.05) is 26.4 Å². The van der Waals surface area contributed by atoms with Gasteiger partial charge in [-0.1, -0.05) is 131 Å². The van der Waals surface area contributed by atoms with Gasteiger partial charge in [0.05, 0.1) is 19.8 Å². The fourth-order valence-corrected chi connectivity index (χ4v) is 6.73. The van der Waals surface area contributed by atoms with Gasteiger partial charge in [0.15, 0.2) is 18.7 Å². The molecular weight excluding hydrogens is 841 g/mol. The maximum Gasteiger partial charge on any atom is 0.306 e. The van der Waals surface area contributed by atoms with Gasteiger partial charge >= 0.3 is 11.9 Å². The molecule has 2 heterocycles. The van der Waals surface area contributed by atoms with E-state index >= 15 is 0 Å². The van der Waals surface area contributed by atoms with Crippen molar-refractivity contribution in [2.24, 2.45) is 0 Å². The maximum atomic E-state index is 12.9. The molecule has 2 aliphatic heterocycles. The lowest BCUT2D eigenvalue weighted by molar-refractivity contribution is -0.332. The molecular formula is C50H80O15. The first-order valence-electron chi connectivity index (χ1n) is 23.7. The van der Waals surface area contributed by atoms with Crippen LogP contribution in [-0.4, -0.2) is 142 Å². The molecule has 65 heavy (non-hydrogen) atoms. The number of ether oxygens (including phenoxy) is 6. The van der Waals surface area contributed by atoms with Crippen LogP contribution in [0.3, 0.4) is 0 Å². The molecule has 7 N–H and O–H groups in total. The molecule has 15 heteroatoms. The van der Waals surface area contributed by atoms with E-state index in [0.717, 1.165) is 38.5 Å². The smallest absolute Gasteiger partial charge is 0.306 e. The van der Waals surface area contributed by atoms with Crippen molar-refractivity contribution in [1.82, 2.24) is 0 Å². The summed E-state index contributed by atoms with van der Waals surface area (Å²) in [5.74, 6) is -1.11. The Hall–Kier alpha value is -3.32. The summed E-state index contributed by atoms with van der Waals surface area (Å²) in [5.41, 5.74) is 0. The van der Waals surface area contributed by atoms with E-state index in [9.17, 15) is 45.3 Å². The zero-order valence-corrected chi connectivity index (χ0v) is 38.7. The first kappa shape index (κ1) is 57.8. The molecule has 5 unspecified atom stereocenters. The molecule has 0 spiro atoms. The Bertz CT molecular complexity index is 1460. The largest absolute Gasteiger partial charge is 0.462 e. The lowest BCUT2D eigenvalue weighted by Crippen LogP contribution is -2.61. The van der Waals surface area contributed by atoms with Crippen molar-refractivity contribution >= 4 is 11.9 Å². The third-order valence-electron chi connectivity index (χ3n) is 10.6. The Morgan fingerprint density at radius 2 is 0.969 bits per heavy atom. The number of allylic oxidation sites excluding steroid dienone is 14. The Labute approximate surface area is 386 Å². The van der Waals surface area contributed by atoms with Gasteiger partial charge in [-0.15, -0.1) is 0 Å². The molecule has 11 atom stereocenters. The van der Waals surface area contributed by atoms with Crippen molar-refractivity contribution in [1.29, 1.82) is 0 Å². The van der Waals surface area contributed by atoms with Crippen LogP contribution in [0, 0.1) is 0 Å². The average molecular weight is 921 g/mol. The van der Waals surface area contributed by atoms with Crippen molar-refractivity contribution in [3.63, 3.8) is 0 Å². The van der Waals surface area contributed by atoms with E-state index in [1.165, 1.54) is 38.5 Å². The minimum Gasteiger partial charge on any atom is -0.462 e. The first-order valence-corrected chi connectivity index (χ1v) is 23.7. The highest BCUT2D eigenvalue weighted by Gasteiger charge is 2.47. The topological polar surface area (TPSA) is 231 Å². The third kappa shape index (κ3) is 25.4. The number of unbranched alkanes of at least 4 members (excludes halogenated alkanes) is 6. The molecule has 2 rings (SSSR count). The SMILES string of the molecule is CC/C=C/C/C=C/C/C=C/C/C=C/C/C=C/CCC(=O)OCC(CO[C@@H]1O[C@H](CO[C@@H]2O[C@H](CO)[C@H](O)C(O)C2O)[C@H](O)C(O)C1O)OC(=O)CC/C=C/C/C=C/CCCCCCCC. The van der Waals surface area contributed by atoms with Crippen LogP contribution in [0.1, 0.15) is 123 Å². The number of hydrogen-bond acceptors (Lipinski definition) is 15. The second-order valence-electron chi connectivity index (χ2n) is 16.2. The Balaban J connectivity index is 1.90. The molecule has 0 aromatic rings. The number of hydrogen-bond donors (Lipinski definition) is 7. The summed E-state index contributed by atoms with van der Waals surface area (Å²) in [7, 11) is 0. The van der Waals surface area contributed by atoms with E-state index in [1.807, 2.05) is 24.3 Å². The normalized spacial score (nSPS) is 27.2. The van der Waals surface area contributed by atoms with Crippen LogP contribution < -0.4 is 0 Å². The lowest BCUT2D eigenvalue weighted by Gasteiger charge is -2.42. The standard InChI is InChI=1S/C50H80O15/c1-3-5-7-9-11-13-15-17-18-19-21-22-24-26-28-30-32-41(52)60-35-38(63-42(53)33-31-29-27-25-23-20-16-14-12-10-8-6-4-2)36-61-49-48(59)46(57)44(55)40(65-49)37-62-50-47(58)45(56)43(54)39(34-51)64-50/h5,7,11,13,17-18,20-23,26-29,38-40,43-51,54-59H,3-4,6,8-10,12,14-16,19,24-25,30-37H2,1-2H3/b7-5+,13-11+,18-17+,22-21+,23-20+,28-26+,29-27+/t38?,39-,40-,43+,44+,45?,46?,47?,48?,49-,50-/m1/s1. The predicted octanol–water partition coefficient (Wildman–Crippen LogP) is 5.65. The number of aliphatic hydroxyl groups is 7. The van der Waals surface area contributed by atoms with Gasteiger partial charge in [-0.3, -0.25) is 9.59 Å². The van der Waals surface area contributed by atoms with E-state index in [1.54, 1.807) is 0 Å². The summed E-state index contributed by atoms with van der Waals surface area (Å²) in [6.07, 6.45) is 26.5. The van der Waals surface area contributed by atoms with Crippen LogP contribution in [0.5, 0.6) is 0 Å². The van der Waals surface area contributed by atoms with Gasteiger partial charge < -0.3 is 64.2 Å². The van der Waals surface area contributed by atoms with Crippen LogP contribution in [-0.2, 0) is 38.0 Å². The van der Waals surface area contributed by atoms with Gasteiger partial charge in [-0.25, -0.2) is 0 Å². The van der Waals surface area contributed by atoms with Crippen molar-refractivity contribution in [3.05, 3.63) is 85.1 Å². The molecule has 0 radical (unpaired) electrons. The first-order chi connectivity index (χ1) is 31.5. The summed E-state index contributed by atoms with van der Waals surface area (Å²) in [4.78, 5) is 25.6. The van der Waals surface area contributed by atoms with E-state index in [-0.39, 0.29) is 19.4 Å². The molecule has 0 aliphatic carbocycles. The summed E-state index contributed by atoms with van der Waals surface area (Å²) < 4.78 is 33.3. The van der Waals surface area contributed by atoms with Crippen LogP contribution >= 0.6 is 0 Å². The van der Waals surface area contributed by atoms with Crippen molar-refractivity contribution < 1.29 is 73.8 Å². The van der Waals surface area contributed by atoms with Gasteiger partial charge in [0.2, 0.25) is 0 Å². The quantitative estimate of drug-likeness (QED) is 0.0235. The molecule has 2 aliphatic rings.